The van der Waals surface area contributed by atoms with Gasteiger partial charge in [0, 0.05) is 25.5 Å². The number of aryl methyl sites for hydroxylation is 1. The molecule has 0 N–H and O–H groups in total. The summed E-state index contributed by atoms with van der Waals surface area (Å²) in [4.78, 5) is 18.2. The Balaban J connectivity index is 2.24. The largest absolute Gasteiger partial charge is 0.467 e. The molecule has 0 aliphatic carbocycles. The summed E-state index contributed by atoms with van der Waals surface area (Å²) < 4.78 is 6.93. The number of nitrogens with zero attached hydrogens (tertiary/aromatic N) is 3. The molecule has 2 rings (SSSR count). The highest BCUT2D eigenvalue weighted by atomic mass is 16.5. The van der Waals surface area contributed by atoms with Crippen molar-refractivity contribution in [3.63, 3.8) is 0 Å². The molecule has 0 aromatic carbocycles. The highest BCUT2D eigenvalue weighted by Crippen LogP contribution is 2.24. The lowest BCUT2D eigenvalue weighted by atomic mass is 10.0. The Hall–Kier alpha value is -1.52. The highest BCUT2D eigenvalue weighted by molar-refractivity contribution is 5.79. The molecule has 1 atom stereocenters. The van der Waals surface area contributed by atoms with Crippen LogP contribution in [0.5, 0.6) is 0 Å². The van der Waals surface area contributed by atoms with Crippen LogP contribution >= 0.6 is 0 Å². The third-order valence-electron chi connectivity index (χ3n) is 3.27. The second-order valence-corrected chi connectivity index (χ2v) is 4.24. The second-order valence-electron chi connectivity index (χ2n) is 4.24. The molecule has 0 spiro atoms. The number of hydrogen-bond donors (Lipinski definition) is 0. The first-order valence-electron chi connectivity index (χ1n) is 6.13. The predicted octanol–water partition coefficient (Wildman–Crippen LogP) is 1.43. The van der Waals surface area contributed by atoms with Gasteiger partial charge in [0.1, 0.15) is 6.04 Å². The van der Waals surface area contributed by atoms with E-state index in [4.69, 9.17) is 4.74 Å². The van der Waals surface area contributed by atoms with E-state index in [1.54, 1.807) is 6.20 Å². The molecule has 0 saturated carbocycles. The van der Waals surface area contributed by atoms with Gasteiger partial charge in [0.15, 0.2) is 0 Å². The van der Waals surface area contributed by atoms with Crippen molar-refractivity contribution in [3.8, 4) is 0 Å². The van der Waals surface area contributed by atoms with Crippen LogP contribution in [0, 0.1) is 0 Å². The number of carbonyl (C=O) groups excluding carboxylic acids is 1. The first kappa shape index (κ1) is 12.0. The van der Waals surface area contributed by atoms with Gasteiger partial charge >= 0.3 is 5.97 Å². The van der Waals surface area contributed by atoms with Crippen LogP contribution in [-0.4, -0.2) is 35.2 Å². The van der Waals surface area contributed by atoms with E-state index in [0.29, 0.717) is 0 Å². The van der Waals surface area contributed by atoms with Crippen LogP contribution in [-0.2, 0) is 16.1 Å². The summed E-state index contributed by atoms with van der Waals surface area (Å²) in [5.74, 6) is 0.720. The number of aromatic nitrogens is 2. The number of hydrogen-bond acceptors (Lipinski definition) is 4. The summed E-state index contributed by atoms with van der Waals surface area (Å²) in [6.45, 7) is 3.80. The fraction of sp³-hybridized carbons (Fsp3) is 0.667. The lowest BCUT2D eigenvalue weighted by Gasteiger charge is -2.34. The summed E-state index contributed by atoms with van der Waals surface area (Å²) in [7, 11) is 1.45. The van der Waals surface area contributed by atoms with Crippen molar-refractivity contribution in [3.05, 3.63) is 12.4 Å². The third-order valence-corrected chi connectivity index (χ3v) is 3.27. The maximum atomic E-state index is 11.8. The van der Waals surface area contributed by atoms with Gasteiger partial charge in [-0.25, -0.2) is 9.78 Å². The minimum Gasteiger partial charge on any atom is -0.467 e. The molecule has 0 radical (unpaired) electrons. The standard InChI is InChI=1S/C12H19N3O2/c1-3-14-9-7-13-12(14)15-8-5-4-6-10(15)11(16)17-2/h7,9-10H,3-6,8H2,1-2H3. The molecule has 2 heterocycles. The van der Waals surface area contributed by atoms with Gasteiger partial charge in [-0.15, -0.1) is 0 Å². The number of anilines is 1. The lowest BCUT2D eigenvalue weighted by Crippen LogP contribution is -2.46. The molecular formula is C12H19N3O2. The molecule has 1 aromatic rings. The summed E-state index contributed by atoms with van der Waals surface area (Å²) >= 11 is 0. The number of piperidine rings is 1. The fourth-order valence-corrected chi connectivity index (χ4v) is 2.36. The van der Waals surface area contributed by atoms with Crippen LogP contribution in [0.2, 0.25) is 0 Å². The van der Waals surface area contributed by atoms with Crippen LogP contribution in [0.15, 0.2) is 12.4 Å². The molecule has 1 aliphatic heterocycles. The Morgan fingerprint density at radius 1 is 1.59 bits per heavy atom. The van der Waals surface area contributed by atoms with Gasteiger partial charge < -0.3 is 14.2 Å². The minimum atomic E-state index is -0.179. The molecule has 1 saturated heterocycles. The molecule has 5 heteroatoms. The van der Waals surface area contributed by atoms with E-state index in [1.165, 1.54) is 7.11 Å². The first-order chi connectivity index (χ1) is 8.27. The normalized spacial score (nSPS) is 20.4. The maximum Gasteiger partial charge on any atom is 0.328 e. The van der Waals surface area contributed by atoms with Gasteiger partial charge in [0.25, 0.3) is 0 Å². The van der Waals surface area contributed by atoms with Crippen molar-refractivity contribution in [2.75, 3.05) is 18.6 Å². The summed E-state index contributed by atoms with van der Waals surface area (Å²) in [5, 5.41) is 0. The van der Waals surface area contributed by atoms with Crippen LogP contribution in [0.3, 0.4) is 0 Å². The average Bonchev–Trinajstić information content (AvgIpc) is 2.86. The van der Waals surface area contributed by atoms with E-state index in [-0.39, 0.29) is 12.0 Å². The third kappa shape index (κ3) is 2.28. The lowest BCUT2D eigenvalue weighted by molar-refractivity contribution is -0.142. The van der Waals surface area contributed by atoms with Gasteiger partial charge in [-0.1, -0.05) is 0 Å². The van der Waals surface area contributed by atoms with Crippen molar-refractivity contribution in [2.45, 2.75) is 38.8 Å². The SMILES string of the molecule is CCn1ccnc1N1CCCCC1C(=O)OC. The van der Waals surface area contributed by atoms with Gasteiger partial charge in [0.05, 0.1) is 7.11 Å². The smallest absolute Gasteiger partial charge is 0.328 e. The molecule has 1 aromatic heterocycles. The maximum absolute atomic E-state index is 11.8. The zero-order valence-electron chi connectivity index (χ0n) is 10.4. The molecule has 0 bridgehead atoms. The Bertz CT molecular complexity index is 389. The van der Waals surface area contributed by atoms with E-state index in [9.17, 15) is 4.79 Å². The van der Waals surface area contributed by atoms with E-state index < -0.39 is 0 Å². The van der Waals surface area contributed by atoms with Crippen molar-refractivity contribution < 1.29 is 9.53 Å². The highest BCUT2D eigenvalue weighted by Gasteiger charge is 2.31. The zero-order chi connectivity index (χ0) is 12.3. The van der Waals surface area contributed by atoms with Crippen molar-refractivity contribution >= 4 is 11.9 Å². The quantitative estimate of drug-likeness (QED) is 0.746. The van der Waals surface area contributed by atoms with Crippen LogP contribution in [0.1, 0.15) is 26.2 Å². The monoisotopic (exact) mass is 237 g/mol. The predicted molar refractivity (Wildman–Crippen MR) is 64.9 cm³/mol. The number of rotatable bonds is 3. The Kier molecular flexibility index (Phi) is 3.66. The minimum absolute atomic E-state index is 0.157. The van der Waals surface area contributed by atoms with Gasteiger partial charge in [0.2, 0.25) is 5.95 Å². The topological polar surface area (TPSA) is 47.4 Å². The fourth-order valence-electron chi connectivity index (χ4n) is 2.36. The van der Waals surface area contributed by atoms with Crippen molar-refractivity contribution in [2.24, 2.45) is 0 Å². The van der Waals surface area contributed by atoms with Crippen LogP contribution in [0.25, 0.3) is 0 Å². The molecule has 5 nitrogen and oxygen atoms in total. The molecule has 1 fully saturated rings. The number of esters is 1. The zero-order valence-corrected chi connectivity index (χ0v) is 10.4. The summed E-state index contributed by atoms with van der Waals surface area (Å²) in [5.41, 5.74) is 0. The number of imidazole rings is 1. The summed E-state index contributed by atoms with van der Waals surface area (Å²) in [6, 6.07) is -0.179. The molecule has 17 heavy (non-hydrogen) atoms. The Morgan fingerprint density at radius 3 is 3.12 bits per heavy atom. The van der Waals surface area contributed by atoms with Crippen LogP contribution < -0.4 is 4.90 Å². The molecule has 1 unspecified atom stereocenters. The van der Waals surface area contributed by atoms with Crippen molar-refractivity contribution in [1.29, 1.82) is 0 Å². The Labute approximate surface area is 101 Å². The van der Waals surface area contributed by atoms with Crippen molar-refractivity contribution in [1.82, 2.24) is 9.55 Å². The average molecular weight is 237 g/mol. The van der Waals surface area contributed by atoms with Gasteiger partial charge in [-0.3, -0.25) is 0 Å². The first-order valence-corrected chi connectivity index (χ1v) is 6.13. The summed E-state index contributed by atoms with van der Waals surface area (Å²) in [6.07, 6.45) is 6.75. The number of carbonyl (C=O) groups is 1. The van der Waals surface area contributed by atoms with Gasteiger partial charge in [-0.2, -0.15) is 0 Å². The Morgan fingerprint density at radius 2 is 2.41 bits per heavy atom. The molecule has 94 valence electrons. The second kappa shape index (κ2) is 5.21. The van der Waals surface area contributed by atoms with Gasteiger partial charge in [-0.05, 0) is 26.2 Å². The van der Waals surface area contributed by atoms with Crippen LogP contribution in [0.4, 0.5) is 5.95 Å². The van der Waals surface area contributed by atoms with E-state index in [0.717, 1.165) is 38.3 Å². The van der Waals surface area contributed by atoms with E-state index >= 15 is 0 Å². The van der Waals surface area contributed by atoms with E-state index in [2.05, 4.69) is 21.4 Å². The molecule has 0 amide bonds. The number of ether oxygens (including phenoxy) is 1. The molecule has 1 aliphatic rings. The number of methoxy groups -OCH3 is 1. The molecular weight excluding hydrogens is 218 g/mol. The van der Waals surface area contributed by atoms with E-state index in [1.807, 2.05) is 6.20 Å².